The summed E-state index contributed by atoms with van der Waals surface area (Å²) in [5, 5.41) is 0. The molecule has 0 saturated carbocycles. The molecule has 0 aromatic heterocycles. The molecular formula is C18H39NO8PS2+. The molecule has 1 saturated heterocycles. The normalized spacial score (nSPS) is 25.6. The molecule has 1 fully saturated rings. The Morgan fingerprint density at radius 2 is 1.50 bits per heavy atom. The standard InChI is InChI=1S/C18H38NO8PS2/c1-5-17-14-19(11-9-13-30(23,24)25,15-18(17)16-29(4,21)22)10-8-12-28(20,26-6-2)27-7-3/h17-18H,5-16H2,1-4H3/p+1. The molecule has 3 unspecified atom stereocenters. The van der Waals surface area contributed by atoms with Gasteiger partial charge >= 0.3 is 7.60 Å². The van der Waals surface area contributed by atoms with Crippen LogP contribution in [0.15, 0.2) is 0 Å². The zero-order valence-electron chi connectivity index (χ0n) is 18.7. The van der Waals surface area contributed by atoms with Gasteiger partial charge in [-0.1, -0.05) is 6.92 Å². The van der Waals surface area contributed by atoms with E-state index in [1.165, 1.54) is 6.26 Å². The predicted octanol–water partition coefficient (Wildman–Crippen LogP) is 2.44. The Morgan fingerprint density at radius 3 is 1.97 bits per heavy atom. The first-order valence-electron chi connectivity index (χ1n) is 10.6. The zero-order valence-corrected chi connectivity index (χ0v) is 21.2. The van der Waals surface area contributed by atoms with Crippen molar-refractivity contribution in [1.82, 2.24) is 0 Å². The average Bonchev–Trinajstić information content (AvgIpc) is 2.89. The van der Waals surface area contributed by atoms with Crippen molar-refractivity contribution < 1.29 is 39.5 Å². The molecule has 1 aliphatic heterocycles. The van der Waals surface area contributed by atoms with E-state index in [9.17, 15) is 21.4 Å². The molecule has 30 heavy (non-hydrogen) atoms. The third-order valence-electron chi connectivity index (χ3n) is 5.70. The molecule has 9 nitrogen and oxygen atoms in total. The molecule has 1 aliphatic rings. The second-order valence-electron chi connectivity index (χ2n) is 8.34. The molecule has 0 aliphatic carbocycles. The Labute approximate surface area is 182 Å². The van der Waals surface area contributed by atoms with Gasteiger partial charge in [0.1, 0.15) is 9.84 Å². The first-order valence-corrected chi connectivity index (χ1v) is 16.0. The van der Waals surface area contributed by atoms with E-state index in [1.807, 2.05) is 6.92 Å². The quantitative estimate of drug-likeness (QED) is 0.210. The number of hydrogen-bond donors (Lipinski definition) is 1. The molecule has 0 aromatic rings. The lowest BCUT2D eigenvalue weighted by atomic mass is 9.96. The van der Waals surface area contributed by atoms with Gasteiger partial charge in [0, 0.05) is 30.9 Å². The molecular weight excluding hydrogens is 453 g/mol. The maximum atomic E-state index is 12.8. The smallest absolute Gasteiger partial charge is 0.323 e. The number of rotatable bonds is 15. The Balaban J connectivity index is 2.94. The Bertz CT molecular complexity index is 776. The largest absolute Gasteiger partial charge is 0.330 e. The van der Waals surface area contributed by atoms with Crippen molar-refractivity contribution in [2.45, 2.75) is 40.0 Å². The van der Waals surface area contributed by atoms with Gasteiger partial charge in [-0.25, -0.2) is 8.42 Å². The van der Waals surface area contributed by atoms with Gasteiger partial charge in [0.25, 0.3) is 10.1 Å². The van der Waals surface area contributed by atoms with Crippen LogP contribution in [-0.4, -0.2) is 89.2 Å². The van der Waals surface area contributed by atoms with Crippen LogP contribution < -0.4 is 0 Å². The molecule has 0 radical (unpaired) electrons. The van der Waals surface area contributed by atoms with Crippen LogP contribution in [0.4, 0.5) is 0 Å². The second kappa shape index (κ2) is 11.7. The molecule has 1 rings (SSSR count). The fraction of sp³-hybridized carbons (Fsp3) is 1.00. The lowest BCUT2D eigenvalue weighted by molar-refractivity contribution is -0.919. The number of quaternary nitrogens is 1. The first kappa shape index (κ1) is 28.0. The minimum absolute atomic E-state index is 0.00122. The second-order valence-corrected chi connectivity index (χ2v) is 14.3. The van der Waals surface area contributed by atoms with Crippen LogP contribution >= 0.6 is 7.60 Å². The Morgan fingerprint density at radius 1 is 0.967 bits per heavy atom. The highest BCUT2D eigenvalue weighted by atomic mass is 32.2. The molecule has 3 atom stereocenters. The third-order valence-corrected chi connectivity index (χ3v) is 9.71. The summed E-state index contributed by atoms with van der Waals surface area (Å²) in [6, 6.07) is 0. The fourth-order valence-corrected chi connectivity index (χ4v) is 7.92. The number of likely N-dealkylation sites (tertiary alicyclic amines) is 1. The fourth-order valence-electron chi connectivity index (χ4n) is 4.63. The molecule has 0 amide bonds. The maximum Gasteiger partial charge on any atom is 0.330 e. The molecule has 12 heteroatoms. The van der Waals surface area contributed by atoms with Crippen LogP contribution in [0.25, 0.3) is 0 Å². The van der Waals surface area contributed by atoms with E-state index in [2.05, 4.69) is 0 Å². The van der Waals surface area contributed by atoms with E-state index in [4.69, 9.17) is 13.6 Å². The van der Waals surface area contributed by atoms with Crippen LogP contribution in [0.2, 0.25) is 0 Å². The van der Waals surface area contributed by atoms with Crippen molar-refractivity contribution in [2.75, 3.05) is 63.3 Å². The van der Waals surface area contributed by atoms with Crippen molar-refractivity contribution >= 4 is 27.6 Å². The molecule has 0 spiro atoms. The molecule has 0 bridgehead atoms. The highest BCUT2D eigenvalue weighted by Crippen LogP contribution is 2.48. The molecule has 1 heterocycles. The van der Waals surface area contributed by atoms with Gasteiger partial charge in [-0.15, -0.1) is 0 Å². The summed E-state index contributed by atoms with van der Waals surface area (Å²) >= 11 is 0. The highest BCUT2D eigenvalue weighted by molar-refractivity contribution is 7.90. The lowest BCUT2D eigenvalue weighted by Gasteiger charge is -2.35. The van der Waals surface area contributed by atoms with Crippen molar-refractivity contribution in [1.29, 1.82) is 0 Å². The highest BCUT2D eigenvalue weighted by Gasteiger charge is 2.45. The van der Waals surface area contributed by atoms with Crippen molar-refractivity contribution in [3.63, 3.8) is 0 Å². The van der Waals surface area contributed by atoms with Crippen molar-refractivity contribution in [3.05, 3.63) is 0 Å². The topological polar surface area (TPSA) is 124 Å². The van der Waals surface area contributed by atoms with Gasteiger partial charge in [0.05, 0.1) is 57.1 Å². The SMILES string of the molecule is CCOP(=O)(CCC[N+]1(CCCS(=O)(=O)O)CC(CC)C(CS(C)(=O)=O)C1)OCC. The Hall–Kier alpha value is -0.0300. The van der Waals surface area contributed by atoms with E-state index < -0.39 is 27.6 Å². The van der Waals surface area contributed by atoms with Gasteiger partial charge in [-0.3, -0.25) is 9.12 Å². The molecule has 0 aromatic carbocycles. The summed E-state index contributed by atoms with van der Waals surface area (Å²) in [5.74, 6) is 0.00858. The summed E-state index contributed by atoms with van der Waals surface area (Å²) in [4.78, 5) is 0. The molecule has 1 N–H and O–H groups in total. The van der Waals surface area contributed by atoms with E-state index in [-0.39, 0.29) is 35.9 Å². The van der Waals surface area contributed by atoms with Crippen molar-refractivity contribution in [2.24, 2.45) is 11.8 Å². The van der Waals surface area contributed by atoms with E-state index in [0.717, 1.165) is 13.0 Å². The summed E-state index contributed by atoms with van der Waals surface area (Å²) in [7, 11) is -10.4. The predicted molar refractivity (Wildman–Crippen MR) is 118 cm³/mol. The number of sulfone groups is 1. The van der Waals surface area contributed by atoms with Crippen molar-refractivity contribution in [3.8, 4) is 0 Å². The summed E-state index contributed by atoms with van der Waals surface area (Å²) < 4.78 is 79.3. The minimum Gasteiger partial charge on any atom is -0.323 e. The van der Waals surface area contributed by atoms with Gasteiger partial charge < -0.3 is 13.5 Å². The lowest BCUT2D eigenvalue weighted by Crippen LogP contribution is -2.48. The van der Waals surface area contributed by atoms with Crippen LogP contribution in [0.1, 0.15) is 40.0 Å². The van der Waals surface area contributed by atoms with Crippen LogP contribution in [-0.2, 0) is 33.6 Å². The summed E-state index contributed by atoms with van der Waals surface area (Å²) in [6.07, 6.45) is 3.20. The Kier molecular flexibility index (Phi) is 10.9. The van der Waals surface area contributed by atoms with Gasteiger partial charge in [-0.2, -0.15) is 8.42 Å². The average molecular weight is 493 g/mol. The minimum atomic E-state index is -4.05. The summed E-state index contributed by atoms with van der Waals surface area (Å²) in [5.41, 5.74) is 0. The monoisotopic (exact) mass is 492 g/mol. The molecule has 180 valence electrons. The number of hydrogen-bond acceptors (Lipinski definition) is 7. The van der Waals surface area contributed by atoms with Gasteiger partial charge in [0.2, 0.25) is 0 Å². The van der Waals surface area contributed by atoms with E-state index >= 15 is 0 Å². The zero-order chi connectivity index (χ0) is 23.1. The summed E-state index contributed by atoms with van der Waals surface area (Å²) in [6.45, 7) is 8.67. The first-order chi connectivity index (χ1) is 13.8. The van der Waals surface area contributed by atoms with Crippen LogP contribution in [0, 0.1) is 11.8 Å². The van der Waals surface area contributed by atoms with E-state index in [1.54, 1.807) is 13.8 Å². The maximum absolute atomic E-state index is 12.8. The number of nitrogens with zero attached hydrogens (tertiary/aromatic N) is 1. The van der Waals surface area contributed by atoms with Crippen LogP contribution in [0.3, 0.4) is 0 Å². The van der Waals surface area contributed by atoms with E-state index in [0.29, 0.717) is 43.8 Å². The third kappa shape index (κ3) is 10.1. The van der Waals surface area contributed by atoms with Crippen LogP contribution in [0.5, 0.6) is 0 Å². The van der Waals surface area contributed by atoms with Gasteiger partial charge in [0.15, 0.2) is 0 Å². The van der Waals surface area contributed by atoms with Gasteiger partial charge in [-0.05, 0) is 20.3 Å².